The van der Waals surface area contributed by atoms with E-state index >= 15 is 0 Å². The molecule has 0 aliphatic heterocycles. The highest BCUT2D eigenvalue weighted by molar-refractivity contribution is 6.00. The van der Waals surface area contributed by atoms with Gasteiger partial charge in [-0.1, -0.05) is 62.6 Å². The lowest BCUT2D eigenvalue weighted by atomic mass is 9.84. The molecule has 3 N–H and O–H groups in total. The summed E-state index contributed by atoms with van der Waals surface area (Å²) in [6.45, 7) is 5.69. The molecule has 0 spiro atoms. The fraction of sp³-hybridized carbons (Fsp3) is 0.455. The summed E-state index contributed by atoms with van der Waals surface area (Å²) in [7, 11) is 0. The van der Waals surface area contributed by atoms with Gasteiger partial charge in [0.05, 0.1) is 11.4 Å². The normalized spacial score (nSPS) is 15.3. The maximum Gasteiger partial charge on any atom is 0.293 e. The van der Waals surface area contributed by atoms with Crippen molar-refractivity contribution < 1.29 is 9.42 Å². The van der Waals surface area contributed by atoms with Crippen molar-refractivity contribution in [3.8, 4) is 5.82 Å². The molecule has 1 saturated carbocycles. The van der Waals surface area contributed by atoms with Gasteiger partial charge in [-0.2, -0.15) is 9.78 Å². The Labute approximate surface area is 186 Å². The van der Waals surface area contributed by atoms with Gasteiger partial charge in [0.1, 0.15) is 0 Å². The molecule has 10 nitrogen and oxygen atoms in total. The Balaban J connectivity index is 1.49. The van der Waals surface area contributed by atoms with E-state index in [0.29, 0.717) is 17.3 Å². The summed E-state index contributed by atoms with van der Waals surface area (Å²) in [4.78, 5) is 12.8. The van der Waals surface area contributed by atoms with Crippen LogP contribution in [0.15, 0.2) is 34.0 Å². The van der Waals surface area contributed by atoms with Gasteiger partial charge in [0, 0.05) is 0 Å². The highest BCUT2D eigenvalue weighted by Gasteiger charge is 2.25. The second kappa shape index (κ2) is 9.29. The van der Waals surface area contributed by atoms with Crippen molar-refractivity contribution in [2.45, 2.75) is 64.7 Å². The van der Waals surface area contributed by atoms with Gasteiger partial charge >= 0.3 is 0 Å². The number of carbonyl (C=O) groups excluding carboxylic acids is 1. The third-order valence-electron chi connectivity index (χ3n) is 5.89. The molecule has 0 atom stereocenters. The Morgan fingerprint density at radius 2 is 1.91 bits per heavy atom. The molecule has 168 valence electrons. The van der Waals surface area contributed by atoms with Crippen LogP contribution in [0.1, 0.15) is 92.0 Å². The molecule has 3 aromatic rings. The molecule has 1 fully saturated rings. The molecule has 2 heterocycles. The van der Waals surface area contributed by atoms with Crippen LogP contribution in [0.3, 0.4) is 0 Å². The van der Waals surface area contributed by atoms with Gasteiger partial charge < -0.3 is 5.73 Å². The van der Waals surface area contributed by atoms with E-state index in [1.165, 1.54) is 42.3 Å². The van der Waals surface area contributed by atoms with Gasteiger partial charge in [-0.15, -0.1) is 5.10 Å². The Morgan fingerprint density at radius 3 is 2.53 bits per heavy atom. The number of hydrazone groups is 1. The van der Waals surface area contributed by atoms with E-state index in [4.69, 9.17) is 5.73 Å². The minimum atomic E-state index is -0.465. The molecular formula is C22H28N8O2. The van der Waals surface area contributed by atoms with Crippen molar-refractivity contribution in [2.24, 2.45) is 5.10 Å². The number of benzene rings is 1. The van der Waals surface area contributed by atoms with Crippen LogP contribution < -0.4 is 11.2 Å². The topological polar surface area (TPSA) is 137 Å². The molecular weight excluding hydrogens is 408 g/mol. The van der Waals surface area contributed by atoms with Gasteiger partial charge in [-0.25, -0.2) is 10.1 Å². The second-order valence-corrected chi connectivity index (χ2v) is 8.46. The summed E-state index contributed by atoms with van der Waals surface area (Å²) in [5.74, 6) is 0.362. The third-order valence-corrected chi connectivity index (χ3v) is 5.89. The maximum atomic E-state index is 12.8. The molecule has 1 aliphatic carbocycles. The molecule has 0 saturated heterocycles. The Hall–Kier alpha value is -3.56. The number of rotatable bonds is 6. The quantitative estimate of drug-likeness (QED) is 0.445. The summed E-state index contributed by atoms with van der Waals surface area (Å²) in [6, 6.07) is 8.46. The maximum absolute atomic E-state index is 12.8. The number of anilines is 1. The highest BCUT2D eigenvalue weighted by atomic mass is 16.6. The molecule has 0 bridgehead atoms. The van der Waals surface area contributed by atoms with E-state index in [0.717, 1.165) is 5.56 Å². The number of nitrogen functional groups attached to an aromatic ring is 1. The number of amides is 1. The zero-order chi connectivity index (χ0) is 22.7. The van der Waals surface area contributed by atoms with Crippen LogP contribution in [0.5, 0.6) is 0 Å². The molecule has 0 unspecified atom stereocenters. The van der Waals surface area contributed by atoms with Crippen LogP contribution in [-0.4, -0.2) is 36.9 Å². The van der Waals surface area contributed by atoms with Gasteiger partial charge in [-0.3, -0.25) is 4.79 Å². The average Bonchev–Trinajstić information content (AvgIpc) is 3.44. The van der Waals surface area contributed by atoms with Gasteiger partial charge in [0.15, 0.2) is 5.69 Å². The van der Waals surface area contributed by atoms with Gasteiger partial charge in [0.2, 0.25) is 11.6 Å². The van der Waals surface area contributed by atoms with Crippen molar-refractivity contribution >= 4 is 17.4 Å². The number of aromatic nitrogens is 5. The standard InChI is InChI=1S/C22H28N8O2/c1-13(2)19-18(25-29-30(19)21-20(23)27-32-28-21)22(31)26-24-14(3)15-9-11-17(12-10-15)16-7-5-4-6-8-16/h9-13,16H,4-8H2,1-3H3,(H2,23,27)(H,26,31)/b24-14+. The largest absolute Gasteiger partial charge is 0.378 e. The summed E-state index contributed by atoms with van der Waals surface area (Å²) >= 11 is 0. The molecule has 1 aromatic carbocycles. The van der Waals surface area contributed by atoms with E-state index in [1.807, 2.05) is 20.8 Å². The van der Waals surface area contributed by atoms with Crippen molar-refractivity contribution in [1.29, 1.82) is 0 Å². The number of carbonyl (C=O) groups is 1. The molecule has 1 aliphatic rings. The van der Waals surface area contributed by atoms with E-state index in [9.17, 15) is 4.79 Å². The van der Waals surface area contributed by atoms with Crippen LogP contribution in [0, 0.1) is 0 Å². The Morgan fingerprint density at radius 1 is 1.19 bits per heavy atom. The summed E-state index contributed by atoms with van der Waals surface area (Å²) < 4.78 is 6.01. The molecule has 1 amide bonds. The fourth-order valence-corrected chi connectivity index (χ4v) is 4.15. The minimum absolute atomic E-state index is 0.0642. The predicted octanol–water partition coefficient (Wildman–Crippen LogP) is 3.56. The first-order valence-corrected chi connectivity index (χ1v) is 10.9. The lowest BCUT2D eigenvalue weighted by Gasteiger charge is -2.22. The second-order valence-electron chi connectivity index (χ2n) is 8.46. The molecule has 4 rings (SSSR count). The highest BCUT2D eigenvalue weighted by Crippen LogP contribution is 2.32. The monoisotopic (exact) mass is 436 g/mol. The van der Waals surface area contributed by atoms with Gasteiger partial charge in [0.25, 0.3) is 5.91 Å². The van der Waals surface area contributed by atoms with E-state index < -0.39 is 5.91 Å². The number of nitrogens with two attached hydrogens (primary N) is 1. The first kappa shape index (κ1) is 21.7. The van der Waals surface area contributed by atoms with Crippen LogP contribution in [0.4, 0.5) is 5.82 Å². The van der Waals surface area contributed by atoms with Crippen molar-refractivity contribution in [3.05, 3.63) is 46.8 Å². The Kier molecular flexibility index (Phi) is 6.29. The lowest BCUT2D eigenvalue weighted by molar-refractivity contribution is 0.0948. The predicted molar refractivity (Wildman–Crippen MR) is 120 cm³/mol. The molecule has 10 heteroatoms. The molecule has 0 radical (unpaired) electrons. The van der Waals surface area contributed by atoms with Crippen LogP contribution >= 0.6 is 0 Å². The van der Waals surface area contributed by atoms with Crippen molar-refractivity contribution in [3.63, 3.8) is 0 Å². The third kappa shape index (κ3) is 4.39. The number of hydrogen-bond acceptors (Lipinski definition) is 8. The van der Waals surface area contributed by atoms with E-state index in [-0.39, 0.29) is 23.2 Å². The minimum Gasteiger partial charge on any atom is -0.378 e. The fourth-order valence-electron chi connectivity index (χ4n) is 4.15. The van der Waals surface area contributed by atoms with Crippen molar-refractivity contribution in [1.82, 2.24) is 30.7 Å². The van der Waals surface area contributed by atoms with Crippen molar-refractivity contribution in [2.75, 3.05) is 5.73 Å². The smallest absolute Gasteiger partial charge is 0.293 e. The van der Waals surface area contributed by atoms with Gasteiger partial charge in [-0.05, 0) is 53.0 Å². The first-order valence-electron chi connectivity index (χ1n) is 10.9. The first-order chi connectivity index (χ1) is 15.5. The summed E-state index contributed by atoms with van der Waals surface area (Å²) in [5, 5.41) is 19.6. The number of nitrogens with zero attached hydrogens (tertiary/aromatic N) is 6. The summed E-state index contributed by atoms with van der Waals surface area (Å²) in [6.07, 6.45) is 6.48. The van der Waals surface area contributed by atoms with Crippen LogP contribution in [-0.2, 0) is 0 Å². The average molecular weight is 437 g/mol. The molecule has 2 aromatic heterocycles. The Bertz CT molecular complexity index is 1110. The van der Waals surface area contributed by atoms with Crippen LogP contribution in [0.25, 0.3) is 5.82 Å². The number of hydrogen-bond donors (Lipinski definition) is 2. The van der Waals surface area contributed by atoms with E-state index in [2.05, 4.69) is 60.0 Å². The number of nitrogens with one attached hydrogen (secondary N) is 1. The zero-order valence-corrected chi connectivity index (χ0v) is 18.6. The summed E-state index contributed by atoms with van der Waals surface area (Å²) in [5.41, 5.74) is 12.1. The molecule has 32 heavy (non-hydrogen) atoms. The lowest BCUT2D eigenvalue weighted by Crippen LogP contribution is -2.22. The van der Waals surface area contributed by atoms with E-state index in [1.54, 1.807) is 0 Å². The SMILES string of the molecule is C/C(=N\NC(=O)c1nnn(-c2nonc2N)c1C(C)C)c1ccc(C2CCCCC2)cc1. The zero-order valence-electron chi connectivity index (χ0n) is 18.6. The van der Waals surface area contributed by atoms with Crippen LogP contribution in [0.2, 0.25) is 0 Å².